The minimum atomic E-state index is -0.564. The number of halogens is 2. The van der Waals surface area contributed by atoms with Gasteiger partial charge in [-0.2, -0.15) is 0 Å². The van der Waals surface area contributed by atoms with Crippen LogP contribution in [0.1, 0.15) is 22.0 Å². The summed E-state index contributed by atoms with van der Waals surface area (Å²) in [4.78, 5) is 0. The number of aryl methyl sites for hydroxylation is 1. The molecule has 1 N–H and O–H groups in total. The summed E-state index contributed by atoms with van der Waals surface area (Å²) >= 11 is 1.48. The van der Waals surface area contributed by atoms with E-state index in [2.05, 4.69) is 15.5 Å². The number of nitrogens with one attached hydrogen (secondary N) is 1. The standard InChI is InChI=1S/C13H15F2N3S/c1-16-6-2-3-12-17-18-13(19-12)7-9-4-5-10(14)8-11(9)15/h4-5,8,16H,2-3,6-7H2,1H3. The summed E-state index contributed by atoms with van der Waals surface area (Å²) in [5.41, 5.74) is 0.444. The first kappa shape index (κ1) is 14.0. The zero-order chi connectivity index (χ0) is 13.7. The Labute approximate surface area is 114 Å². The molecule has 0 atom stereocenters. The molecule has 2 rings (SSSR count). The number of nitrogens with zero attached hydrogens (tertiary/aromatic N) is 2. The lowest BCUT2D eigenvalue weighted by Crippen LogP contribution is -2.08. The lowest BCUT2D eigenvalue weighted by atomic mass is 10.1. The van der Waals surface area contributed by atoms with Crippen LogP contribution >= 0.6 is 11.3 Å². The fourth-order valence-electron chi connectivity index (χ4n) is 1.71. The molecular weight excluding hydrogens is 268 g/mol. The Hall–Kier alpha value is -1.40. The lowest BCUT2D eigenvalue weighted by Gasteiger charge is -1.99. The Morgan fingerprint density at radius 1 is 1.21 bits per heavy atom. The van der Waals surface area contributed by atoms with E-state index in [1.165, 1.54) is 23.5 Å². The van der Waals surface area contributed by atoms with Crippen LogP contribution in [0.15, 0.2) is 18.2 Å². The van der Waals surface area contributed by atoms with E-state index < -0.39 is 11.6 Å². The van der Waals surface area contributed by atoms with Gasteiger partial charge in [-0.05, 0) is 31.6 Å². The summed E-state index contributed by atoms with van der Waals surface area (Å²) in [7, 11) is 1.91. The van der Waals surface area contributed by atoms with E-state index in [1.54, 1.807) is 0 Å². The highest BCUT2D eigenvalue weighted by molar-refractivity contribution is 7.11. The van der Waals surface area contributed by atoms with Gasteiger partial charge in [0.15, 0.2) is 0 Å². The van der Waals surface area contributed by atoms with Gasteiger partial charge < -0.3 is 5.32 Å². The Kier molecular flexibility index (Phi) is 4.93. The van der Waals surface area contributed by atoms with Crippen molar-refractivity contribution in [2.24, 2.45) is 0 Å². The predicted molar refractivity (Wildman–Crippen MR) is 71.3 cm³/mol. The van der Waals surface area contributed by atoms with E-state index in [1.807, 2.05) is 7.05 Å². The average Bonchev–Trinajstić information content (AvgIpc) is 2.81. The summed E-state index contributed by atoms with van der Waals surface area (Å²) in [5.74, 6) is -1.10. The van der Waals surface area contributed by atoms with Crippen molar-refractivity contribution in [2.75, 3.05) is 13.6 Å². The monoisotopic (exact) mass is 283 g/mol. The summed E-state index contributed by atoms with van der Waals surface area (Å²) in [6, 6.07) is 3.60. The maximum Gasteiger partial charge on any atom is 0.129 e. The van der Waals surface area contributed by atoms with Crippen LogP contribution in [0.4, 0.5) is 8.78 Å². The number of hydrogen-bond acceptors (Lipinski definition) is 4. The highest BCUT2D eigenvalue weighted by Gasteiger charge is 2.09. The second kappa shape index (κ2) is 6.68. The second-order valence-corrected chi connectivity index (χ2v) is 5.36. The van der Waals surface area contributed by atoms with E-state index in [-0.39, 0.29) is 0 Å². The average molecular weight is 283 g/mol. The molecule has 1 heterocycles. The molecule has 0 aliphatic heterocycles. The Balaban J connectivity index is 1.99. The molecule has 0 saturated carbocycles. The van der Waals surface area contributed by atoms with Crippen molar-refractivity contribution in [3.05, 3.63) is 45.4 Å². The first-order valence-electron chi connectivity index (χ1n) is 6.09. The SMILES string of the molecule is CNCCCc1nnc(Cc2ccc(F)cc2F)s1. The van der Waals surface area contributed by atoms with Crippen LogP contribution in [0.5, 0.6) is 0 Å². The van der Waals surface area contributed by atoms with Crippen LogP contribution in [-0.4, -0.2) is 23.8 Å². The van der Waals surface area contributed by atoms with E-state index >= 15 is 0 Å². The van der Waals surface area contributed by atoms with Gasteiger partial charge in [-0.1, -0.05) is 6.07 Å². The molecule has 6 heteroatoms. The molecule has 2 aromatic rings. The zero-order valence-electron chi connectivity index (χ0n) is 10.6. The van der Waals surface area contributed by atoms with Gasteiger partial charge >= 0.3 is 0 Å². The van der Waals surface area contributed by atoms with Crippen LogP contribution < -0.4 is 5.32 Å². The van der Waals surface area contributed by atoms with Gasteiger partial charge in [0.2, 0.25) is 0 Å². The lowest BCUT2D eigenvalue weighted by molar-refractivity contribution is 0.574. The van der Waals surface area contributed by atoms with Crippen molar-refractivity contribution in [3.8, 4) is 0 Å². The van der Waals surface area contributed by atoms with Crippen LogP contribution in [0.3, 0.4) is 0 Å². The molecule has 0 bridgehead atoms. The molecule has 0 saturated heterocycles. The van der Waals surface area contributed by atoms with Crippen molar-refractivity contribution in [3.63, 3.8) is 0 Å². The second-order valence-electron chi connectivity index (χ2n) is 4.21. The summed E-state index contributed by atoms with van der Waals surface area (Å²) in [6.07, 6.45) is 2.22. The van der Waals surface area contributed by atoms with E-state index in [9.17, 15) is 8.78 Å². The third kappa shape index (κ3) is 4.04. The largest absolute Gasteiger partial charge is 0.320 e. The van der Waals surface area contributed by atoms with Gasteiger partial charge in [0.05, 0.1) is 0 Å². The molecule has 102 valence electrons. The quantitative estimate of drug-likeness (QED) is 0.828. The van der Waals surface area contributed by atoms with Crippen LogP contribution in [-0.2, 0) is 12.8 Å². The van der Waals surface area contributed by atoms with Gasteiger partial charge in [0.1, 0.15) is 21.6 Å². The molecule has 0 spiro atoms. The molecule has 0 fully saturated rings. The molecule has 3 nitrogen and oxygen atoms in total. The van der Waals surface area contributed by atoms with Crippen LogP contribution in [0.2, 0.25) is 0 Å². The zero-order valence-corrected chi connectivity index (χ0v) is 11.4. The third-order valence-electron chi connectivity index (χ3n) is 2.68. The highest BCUT2D eigenvalue weighted by Crippen LogP contribution is 2.18. The third-order valence-corrected chi connectivity index (χ3v) is 3.67. The van der Waals surface area contributed by atoms with Gasteiger partial charge in [-0.25, -0.2) is 8.78 Å². The fourth-order valence-corrected chi connectivity index (χ4v) is 2.61. The molecule has 0 radical (unpaired) electrons. The molecule has 1 aromatic carbocycles. The number of aromatic nitrogens is 2. The molecule has 19 heavy (non-hydrogen) atoms. The molecule has 0 aliphatic rings. The van der Waals surface area contributed by atoms with Crippen molar-refractivity contribution in [1.29, 1.82) is 0 Å². The normalized spacial score (nSPS) is 10.9. The van der Waals surface area contributed by atoms with E-state index in [4.69, 9.17) is 0 Å². The number of rotatable bonds is 6. The van der Waals surface area contributed by atoms with E-state index in [0.717, 1.165) is 35.5 Å². The van der Waals surface area contributed by atoms with Crippen molar-refractivity contribution in [2.45, 2.75) is 19.3 Å². The maximum absolute atomic E-state index is 13.5. The van der Waals surface area contributed by atoms with Gasteiger partial charge in [0, 0.05) is 18.9 Å². The maximum atomic E-state index is 13.5. The van der Waals surface area contributed by atoms with Crippen LogP contribution in [0, 0.1) is 11.6 Å². The summed E-state index contributed by atoms with van der Waals surface area (Å²) in [6.45, 7) is 0.932. The van der Waals surface area contributed by atoms with Crippen molar-refractivity contribution in [1.82, 2.24) is 15.5 Å². The highest BCUT2D eigenvalue weighted by atomic mass is 32.1. The molecule has 0 aliphatic carbocycles. The van der Waals surface area contributed by atoms with Crippen molar-refractivity contribution < 1.29 is 8.78 Å². The molecule has 1 aromatic heterocycles. The molecule has 0 amide bonds. The number of hydrogen-bond donors (Lipinski definition) is 1. The predicted octanol–water partition coefficient (Wildman–Crippen LogP) is 2.56. The minimum Gasteiger partial charge on any atom is -0.320 e. The van der Waals surface area contributed by atoms with Gasteiger partial charge in [-0.3, -0.25) is 0 Å². The first-order chi connectivity index (χ1) is 9.19. The Morgan fingerprint density at radius 2 is 2.00 bits per heavy atom. The fraction of sp³-hybridized carbons (Fsp3) is 0.385. The topological polar surface area (TPSA) is 37.8 Å². The molecular formula is C13H15F2N3S. The summed E-state index contributed by atoms with van der Waals surface area (Å²) < 4.78 is 26.3. The Morgan fingerprint density at radius 3 is 2.74 bits per heavy atom. The first-order valence-corrected chi connectivity index (χ1v) is 6.90. The minimum absolute atomic E-state index is 0.357. The van der Waals surface area contributed by atoms with Crippen molar-refractivity contribution >= 4 is 11.3 Å². The van der Waals surface area contributed by atoms with Gasteiger partial charge in [0.25, 0.3) is 0 Å². The van der Waals surface area contributed by atoms with E-state index in [0.29, 0.717) is 12.0 Å². The Bertz CT molecular complexity index is 542. The summed E-state index contributed by atoms with van der Waals surface area (Å²) in [5, 5.41) is 12.9. The molecule has 0 unspecified atom stereocenters. The number of benzene rings is 1. The van der Waals surface area contributed by atoms with Crippen LogP contribution in [0.25, 0.3) is 0 Å². The smallest absolute Gasteiger partial charge is 0.129 e. The van der Waals surface area contributed by atoms with Gasteiger partial charge in [-0.15, -0.1) is 21.5 Å².